The molecule has 0 aliphatic carbocycles. The van der Waals surface area contributed by atoms with E-state index in [9.17, 15) is 22.0 Å². The Kier molecular flexibility index (Phi) is 8.48. The molecule has 1 amide bonds. The first-order valence-electron chi connectivity index (χ1n) is 11.0. The Morgan fingerprint density at radius 2 is 1.43 bits per heavy atom. The number of hydrogen-bond acceptors (Lipinski definition) is 4. The smallest absolute Gasteiger partial charge is 0.264 e. The summed E-state index contributed by atoms with van der Waals surface area (Å²) in [5, 5.41) is 3.42. The first-order chi connectivity index (χ1) is 17.7. The van der Waals surface area contributed by atoms with Crippen molar-refractivity contribution in [2.75, 3.05) is 16.2 Å². The van der Waals surface area contributed by atoms with Gasteiger partial charge >= 0.3 is 0 Å². The van der Waals surface area contributed by atoms with Crippen molar-refractivity contribution in [2.45, 2.75) is 15.5 Å². The van der Waals surface area contributed by atoms with Crippen LogP contribution in [0.1, 0.15) is 5.56 Å². The second-order valence-corrected chi connectivity index (χ2v) is 11.2. The van der Waals surface area contributed by atoms with Crippen molar-refractivity contribution in [1.82, 2.24) is 0 Å². The highest BCUT2D eigenvalue weighted by Crippen LogP contribution is 2.31. The molecule has 5 nitrogen and oxygen atoms in total. The molecule has 4 aromatic rings. The fourth-order valence-corrected chi connectivity index (χ4v) is 5.92. The van der Waals surface area contributed by atoms with Gasteiger partial charge in [0.25, 0.3) is 10.0 Å². The molecule has 0 aromatic heterocycles. The summed E-state index contributed by atoms with van der Waals surface area (Å²) in [4.78, 5) is 13.7. The SMILES string of the molecule is O=C(CN(c1ccc(F)cc1)S(=O)(=O)c1ccc(F)cc1)Nc1ccccc1SCc1ccc(Cl)cc1. The molecule has 0 unspecified atom stereocenters. The number of carbonyl (C=O) groups excluding carboxylic acids is 1. The van der Waals surface area contributed by atoms with Crippen molar-refractivity contribution in [3.63, 3.8) is 0 Å². The van der Waals surface area contributed by atoms with E-state index in [1.807, 2.05) is 24.3 Å². The Morgan fingerprint density at radius 1 is 0.838 bits per heavy atom. The fraction of sp³-hybridized carbons (Fsp3) is 0.0741. The number of nitrogens with zero attached hydrogens (tertiary/aromatic N) is 1. The van der Waals surface area contributed by atoms with E-state index >= 15 is 0 Å². The van der Waals surface area contributed by atoms with Crippen LogP contribution in [0.4, 0.5) is 20.2 Å². The molecule has 0 saturated carbocycles. The third kappa shape index (κ3) is 6.88. The van der Waals surface area contributed by atoms with Gasteiger partial charge in [-0.15, -0.1) is 11.8 Å². The van der Waals surface area contributed by atoms with E-state index in [-0.39, 0.29) is 10.6 Å². The lowest BCUT2D eigenvalue weighted by Gasteiger charge is -2.24. The number of halogens is 3. The number of hydrogen-bond donors (Lipinski definition) is 1. The number of rotatable bonds is 9. The lowest BCUT2D eigenvalue weighted by molar-refractivity contribution is -0.114. The van der Waals surface area contributed by atoms with Gasteiger partial charge in [0.2, 0.25) is 5.91 Å². The van der Waals surface area contributed by atoms with E-state index in [4.69, 9.17) is 11.6 Å². The number of nitrogens with one attached hydrogen (secondary N) is 1. The van der Waals surface area contributed by atoms with Gasteiger partial charge in [0.05, 0.1) is 16.3 Å². The third-order valence-corrected chi connectivity index (χ3v) is 8.46. The number of benzene rings is 4. The van der Waals surface area contributed by atoms with Crippen LogP contribution in [0.3, 0.4) is 0 Å². The normalized spacial score (nSPS) is 11.2. The van der Waals surface area contributed by atoms with Gasteiger partial charge in [-0.05, 0) is 78.4 Å². The van der Waals surface area contributed by atoms with Crippen molar-refractivity contribution >= 4 is 50.7 Å². The molecule has 0 aliphatic rings. The predicted octanol–water partition coefficient (Wildman–Crippen LogP) is 6.74. The van der Waals surface area contributed by atoms with Crippen LogP contribution < -0.4 is 9.62 Å². The molecule has 0 aliphatic heterocycles. The maximum atomic E-state index is 13.5. The van der Waals surface area contributed by atoms with Gasteiger partial charge < -0.3 is 5.32 Å². The molecular weight excluding hydrogens is 538 g/mol. The zero-order valence-corrected chi connectivity index (χ0v) is 21.7. The quantitative estimate of drug-likeness (QED) is 0.231. The van der Waals surface area contributed by atoms with Crippen LogP contribution in [0, 0.1) is 11.6 Å². The minimum Gasteiger partial charge on any atom is -0.323 e. The van der Waals surface area contributed by atoms with E-state index in [1.165, 1.54) is 23.9 Å². The highest BCUT2D eigenvalue weighted by molar-refractivity contribution is 7.98. The topological polar surface area (TPSA) is 66.5 Å². The minimum absolute atomic E-state index is 0.0891. The van der Waals surface area contributed by atoms with Gasteiger partial charge in [0.1, 0.15) is 18.2 Å². The second-order valence-electron chi connectivity index (χ2n) is 7.90. The zero-order valence-electron chi connectivity index (χ0n) is 19.3. The molecule has 4 aromatic carbocycles. The van der Waals surface area contributed by atoms with E-state index in [0.29, 0.717) is 16.5 Å². The van der Waals surface area contributed by atoms with Crippen molar-refractivity contribution in [2.24, 2.45) is 0 Å². The maximum Gasteiger partial charge on any atom is 0.264 e. The molecular formula is C27H21ClF2N2O3S2. The lowest BCUT2D eigenvalue weighted by atomic mass is 10.2. The van der Waals surface area contributed by atoms with E-state index < -0.39 is 34.1 Å². The summed E-state index contributed by atoms with van der Waals surface area (Å²) in [5.41, 5.74) is 1.65. The lowest BCUT2D eigenvalue weighted by Crippen LogP contribution is -2.38. The summed E-state index contributed by atoms with van der Waals surface area (Å²) >= 11 is 7.45. The molecule has 4 rings (SSSR count). The Hall–Kier alpha value is -3.40. The average Bonchev–Trinajstić information content (AvgIpc) is 2.88. The van der Waals surface area contributed by atoms with Crippen LogP contribution >= 0.6 is 23.4 Å². The molecule has 0 saturated heterocycles. The van der Waals surface area contributed by atoms with E-state index in [1.54, 1.807) is 24.3 Å². The van der Waals surface area contributed by atoms with Crippen molar-refractivity contribution in [1.29, 1.82) is 0 Å². The summed E-state index contributed by atoms with van der Waals surface area (Å²) in [5.74, 6) is -1.13. The highest BCUT2D eigenvalue weighted by atomic mass is 35.5. The summed E-state index contributed by atoms with van der Waals surface area (Å²) in [6.45, 7) is -0.582. The molecule has 10 heteroatoms. The number of thioether (sulfide) groups is 1. The van der Waals surface area contributed by atoms with Gasteiger partial charge in [0.15, 0.2) is 0 Å². The Morgan fingerprint density at radius 3 is 2.08 bits per heavy atom. The van der Waals surface area contributed by atoms with E-state index in [0.717, 1.165) is 51.2 Å². The monoisotopic (exact) mass is 558 g/mol. The third-order valence-electron chi connectivity index (χ3n) is 5.27. The molecule has 0 fully saturated rings. The van der Waals surface area contributed by atoms with Gasteiger partial charge in [0, 0.05) is 15.7 Å². The number of carbonyl (C=O) groups is 1. The van der Waals surface area contributed by atoms with Gasteiger partial charge in [-0.1, -0.05) is 35.9 Å². The van der Waals surface area contributed by atoms with Crippen molar-refractivity contribution in [3.8, 4) is 0 Å². The van der Waals surface area contributed by atoms with Crippen molar-refractivity contribution in [3.05, 3.63) is 119 Å². The molecule has 0 spiro atoms. The summed E-state index contributed by atoms with van der Waals surface area (Å²) in [7, 11) is -4.26. The second kappa shape index (κ2) is 11.8. The predicted molar refractivity (Wildman–Crippen MR) is 143 cm³/mol. The number of para-hydroxylation sites is 1. The van der Waals surface area contributed by atoms with Crippen LogP contribution in [0.25, 0.3) is 0 Å². The van der Waals surface area contributed by atoms with E-state index in [2.05, 4.69) is 5.32 Å². The molecule has 0 heterocycles. The first kappa shape index (κ1) is 26.7. The Bertz CT molecular complexity index is 1480. The van der Waals surface area contributed by atoms with Gasteiger partial charge in [-0.3, -0.25) is 9.10 Å². The van der Waals surface area contributed by atoms with Crippen LogP contribution in [-0.2, 0) is 20.6 Å². The molecule has 190 valence electrons. The minimum atomic E-state index is -4.26. The molecule has 1 N–H and O–H groups in total. The summed E-state index contributed by atoms with van der Waals surface area (Å²) in [6, 6.07) is 23.6. The van der Waals surface area contributed by atoms with Gasteiger partial charge in [-0.25, -0.2) is 17.2 Å². The summed E-state index contributed by atoms with van der Waals surface area (Å²) in [6.07, 6.45) is 0. The standard InChI is InChI=1S/C27H21ClF2N2O3S2/c28-20-7-5-19(6-8-20)18-36-26-4-2-1-3-25(26)31-27(33)17-32(23-13-9-21(29)10-14-23)37(34,35)24-15-11-22(30)12-16-24/h1-16H,17-18H2,(H,31,33). The van der Waals surface area contributed by atoms with Crippen molar-refractivity contribution < 1.29 is 22.0 Å². The van der Waals surface area contributed by atoms with Crippen LogP contribution in [0.15, 0.2) is 107 Å². The number of sulfonamides is 1. The maximum absolute atomic E-state index is 13.5. The Labute approximate surface area is 223 Å². The largest absolute Gasteiger partial charge is 0.323 e. The average molecular weight is 559 g/mol. The Balaban J connectivity index is 1.56. The zero-order chi connectivity index (χ0) is 26.4. The number of amides is 1. The first-order valence-corrected chi connectivity index (χ1v) is 13.8. The number of anilines is 2. The van der Waals surface area contributed by atoms with Gasteiger partial charge in [-0.2, -0.15) is 0 Å². The van der Waals surface area contributed by atoms with Crippen LogP contribution in [0.5, 0.6) is 0 Å². The fourth-order valence-electron chi connectivity index (χ4n) is 3.41. The highest BCUT2D eigenvalue weighted by Gasteiger charge is 2.27. The molecule has 0 radical (unpaired) electrons. The molecule has 0 bridgehead atoms. The van der Waals surface area contributed by atoms with Crippen LogP contribution in [-0.4, -0.2) is 20.9 Å². The molecule has 0 atom stereocenters. The summed E-state index contributed by atoms with van der Waals surface area (Å²) < 4.78 is 54.6. The molecule has 37 heavy (non-hydrogen) atoms. The van der Waals surface area contributed by atoms with Crippen LogP contribution in [0.2, 0.25) is 5.02 Å².